The summed E-state index contributed by atoms with van der Waals surface area (Å²) in [6.07, 6.45) is 1.82. The fraction of sp³-hybridized carbons (Fsp3) is 0.692. The summed E-state index contributed by atoms with van der Waals surface area (Å²) in [7, 11) is 1.81. The maximum Gasteiger partial charge on any atom is 0.224 e. The number of ether oxygens (including phenoxy) is 1. The van der Waals surface area contributed by atoms with Crippen molar-refractivity contribution in [2.75, 3.05) is 30.9 Å². The Kier molecular flexibility index (Phi) is 5.85. The molecule has 2 N–H and O–H groups in total. The van der Waals surface area contributed by atoms with Gasteiger partial charge in [-0.05, 0) is 19.8 Å². The van der Waals surface area contributed by atoms with Crippen LogP contribution in [0, 0.1) is 12.8 Å². The molecule has 0 saturated carbocycles. The Labute approximate surface area is 109 Å². The van der Waals surface area contributed by atoms with Gasteiger partial charge < -0.3 is 15.4 Å². The summed E-state index contributed by atoms with van der Waals surface area (Å²) < 4.78 is 5.50. The normalized spacial score (nSPS) is 12.6. The summed E-state index contributed by atoms with van der Waals surface area (Å²) in [5.74, 6) is 1.97. The van der Waals surface area contributed by atoms with Gasteiger partial charge in [-0.1, -0.05) is 13.8 Å². The highest BCUT2D eigenvalue weighted by Gasteiger charge is 2.15. The summed E-state index contributed by atoms with van der Waals surface area (Å²) in [6, 6.07) is 0.253. The standard InChI is InChI=1S/C13H24N4O/c1-6-18-8-11(9(2)3)16-12-10(4)7-15-13(14-5)17-12/h7,9,11H,6,8H2,1-5H3,(H2,14,15,16,17). The molecule has 0 fully saturated rings. The van der Waals surface area contributed by atoms with Crippen LogP contribution in [0.2, 0.25) is 0 Å². The predicted octanol–water partition coefficient (Wildman–Crippen LogP) is 2.30. The van der Waals surface area contributed by atoms with Crippen molar-refractivity contribution in [3.63, 3.8) is 0 Å². The molecule has 18 heavy (non-hydrogen) atoms. The van der Waals surface area contributed by atoms with Crippen LogP contribution >= 0.6 is 0 Å². The molecule has 1 heterocycles. The summed E-state index contributed by atoms with van der Waals surface area (Å²) >= 11 is 0. The Morgan fingerprint density at radius 3 is 2.67 bits per heavy atom. The van der Waals surface area contributed by atoms with E-state index in [9.17, 15) is 0 Å². The van der Waals surface area contributed by atoms with Crippen LogP contribution in [-0.4, -0.2) is 36.3 Å². The number of anilines is 2. The third-order valence-corrected chi connectivity index (χ3v) is 2.82. The molecule has 102 valence electrons. The Balaban J connectivity index is 2.78. The summed E-state index contributed by atoms with van der Waals surface area (Å²) in [6.45, 7) is 9.77. The number of hydrogen-bond acceptors (Lipinski definition) is 5. The van der Waals surface area contributed by atoms with Crippen molar-refractivity contribution in [3.8, 4) is 0 Å². The van der Waals surface area contributed by atoms with E-state index in [1.165, 1.54) is 0 Å². The zero-order valence-corrected chi connectivity index (χ0v) is 11.9. The lowest BCUT2D eigenvalue weighted by Crippen LogP contribution is -2.31. The number of aromatic nitrogens is 2. The maximum atomic E-state index is 5.50. The summed E-state index contributed by atoms with van der Waals surface area (Å²) in [4.78, 5) is 8.61. The molecule has 0 spiro atoms. The first-order valence-electron chi connectivity index (χ1n) is 6.44. The highest BCUT2D eigenvalue weighted by molar-refractivity contribution is 5.47. The zero-order valence-electron chi connectivity index (χ0n) is 11.9. The van der Waals surface area contributed by atoms with E-state index in [0.717, 1.165) is 18.0 Å². The van der Waals surface area contributed by atoms with Gasteiger partial charge in [-0.3, -0.25) is 0 Å². The Hall–Kier alpha value is -1.36. The van der Waals surface area contributed by atoms with Crippen LogP contribution < -0.4 is 10.6 Å². The molecule has 0 aliphatic rings. The van der Waals surface area contributed by atoms with Crippen LogP contribution in [0.3, 0.4) is 0 Å². The lowest BCUT2D eigenvalue weighted by molar-refractivity contribution is 0.126. The monoisotopic (exact) mass is 252 g/mol. The van der Waals surface area contributed by atoms with Crippen LogP contribution in [0.5, 0.6) is 0 Å². The van der Waals surface area contributed by atoms with Crippen LogP contribution in [0.1, 0.15) is 26.3 Å². The van der Waals surface area contributed by atoms with E-state index in [0.29, 0.717) is 18.5 Å². The number of nitrogens with one attached hydrogen (secondary N) is 2. The van der Waals surface area contributed by atoms with Gasteiger partial charge in [-0.15, -0.1) is 0 Å². The van der Waals surface area contributed by atoms with Crippen molar-refractivity contribution in [3.05, 3.63) is 11.8 Å². The second-order valence-corrected chi connectivity index (χ2v) is 4.63. The van der Waals surface area contributed by atoms with Crippen molar-refractivity contribution in [1.82, 2.24) is 9.97 Å². The number of nitrogens with zero attached hydrogens (tertiary/aromatic N) is 2. The molecule has 0 radical (unpaired) electrons. The molecular formula is C13H24N4O. The number of aryl methyl sites for hydroxylation is 1. The Bertz CT molecular complexity index is 368. The fourth-order valence-electron chi connectivity index (χ4n) is 1.53. The van der Waals surface area contributed by atoms with Gasteiger partial charge in [0.25, 0.3) is 0 Å². The number of hydrogen-bond donors (Lipinski definition) is 2. The molecule has 1 rings (SSSR count). The van der Waals surface area contributed by atoms with Gasteiger partial charge in [0.05, 0.1) is 12.6 Å². The lowest BCUT2D eigenvalue weighted by Gasteiger charge is -2.23. The average Bonchev–Trinajstić information content (AvgIpc) is 2.36. The molecule has 0 saturated heterocycles. The van der Waals surface area contributed by atoms with Crippen LogP contribution in [-0.2, 0) is 4.74 Å². The third kappa shape index (κ3) is 4.14. The SMILES string of the molecule is CCOCC(Nc1nc(NC)ncc1C)C(C)C. The van der Waals surface area contributed by atoms with E-state index in [1.807, 2.05) is 27.1 Å². The van der Waals surface area contributed by atoms with Gasteiger partial charge >= 0.3 is 0 Å². The molecule has 5 nitrogen and oxygen atoms in total. The van der Waals surface area contributed by atoms with Crippen molar-refractivity contribution in [2.45, 2.75) is 33.7 Å². The highest BCUT2D eigenvalue weighted by Crippen LogP contribution is 2.16. The lowest BCUT2D eigenvalue weighted by atomic mass is 10.1. The smallest absolute Gasteiger partial charge is 0.224 e. The Morgan fingerprint density at radius 2 is 2.11 bits per heavy atom. The molecule has 5 heteroatoms. The van der Waals surface area contributed by atoms with E-state index >= 15 is 0 Å². The van der Waals surface area contributed by atoms with Crippen LogP contribution in [0.15, 0.2) is 6.20 Å². The molecule has 1 unspecified atom stereocenters. The molecule has 0 amide bonds. The van der Waals surface area contributed by atoms with E-state index < -0.39 is 0 Å². The van der Waals surface area contributed by atoms with E-state index in [2.05, 4.69) is 34.4 Å². The van der Waals surface area contributed by atoms with Gasteiger partial charge in [0, 0.05) is 25.4 Å². The predicted molar refractivity (Wildman–Crippen MR) is 75.1 cm³/mol. The van der Waals surface area contributed by atoms with Gasteiger partial charge in [0.15, 0.2) is 0 Å². The van der Waals surface area contributed by atoms with Gasteiger partial charge in [-0.2, -0.15) is 4.98 Å². The molecule has 1 atom stereocenters. The van der Waals surface area contributed by atoms with Crippen molar-refractivity contribution >= 4 is 11.8 Å². The largest absolute Gasteiger partial charge is 0.380 e. The van der Waals surface area contributed by atoms with Crippen LogP contribution in [0.25, 0.3) is 0 Å². The minimum absolute atomic E-state index is 0.253. The van der Waals surface area contributed by atoms with E-state index in [-0.39, 0.29) is 6.04 Å². The molecule has 0 aliphatic heterocycles. The quantitative estimate of drug-likeness (QED) is 0.779. The summed E-state index contributed by atoms with van der Waals surface area (Å²) in [5.41, 5.74) is 1.04. The topological polar surface area (TPSA) is 59.1 Å². The van der Waals surface area contributed by atoms with Crippen molar-refractivity contribution in [2.24, 2.45) is 5.92 Å². The molecule has 0 aromatic carbocycles. The second kappa shape index (κ2) is 7.16. The third-order valence-electron chi connectivity index (χ3n) is 2.82. The highest BCUT2D eigenvalue weighted by atomic mass is 16.5. The molecular weight excluding hydrogens is 228 g/mol. The number of rotatable bonds is 7. The minimum Gasteiger partial charge on any atom is -0.380 e. The second-order valence-electron chi connectivity index (χ2n) is 4.63. The van der Waals surface area contributed by atoms with E-state index in [4.69, 9.17) is 4.74 Å². The zero-order chi connectivity index (χ0) is 13.5. The molecule has 0 aliphatic carbocycles. The maximum absolute atomic E-state index is 5.50. The fourth-order valence-corrected chi connectivity index (χ4v) is 1.53. The van der Waals surface area contributed by atoms with Gasteiger partial charge in [0.1, 0.15) is 5.82 Å². The first-order chi connectivity index (χ1) is 8.58. The molecule has 1 aromatic rings. The first-order valence-corrected chi connectivity index (χ1v) is 6.44. The molecule has 0 bridgehead atoms. The van der Waals surface area contributed by atoms with Gasteiger partial charge in [0.2, 0.25) is 5.95 Å². The molecule has 1 aromatic heterocycles. The van der Waals surface area contributed by atoms with Crippen molar-refractivity contribution < 1.29 is 4.74 Å². The summed E-state index contributed by atoms with van der Waals surface area (Å²) in [5, 5.41) is 6.39. The Morgan fingerprint density at radius 1 is 1.39 bits per heavy atom. The minimum atomic E-state index is 0.253. The van der Waals surface area contributed by atoms with Crippen molar-refractivity contribution in [1.29, 1.82) is 0 Å². The average molecular weight is 252 g/mol. The first kappa shape index (κ1) is 14.7. The van der Waals surface area contributed by atoms with Crippen LogP contribution in [0.4, 0.5) is 11.8 Å². The van der Waals surface area contributed by atoms with Gasteiger partial charge in [-0.25, -0.2) is 4.98 Å². The van der Waals surface area contributed by atoms with E-state index in [1.54, 1.807) is 0 Å².